The first kappa shape index (κ1) is 18.6. The molecule has 0 saturated carbocycles. The lowest BCUT2D eigenvalue weighted by molar-refractivity contribution is -0.142. The smallest absolute Gasteiger partial charge is 0.308 e. The van der Waals surface area contributed by atoms with E-state index < -0.39 is 17.8 Å². The van der Waals surface area contributed by atoms with Crippen LogP contribution in [0.1, 0.15) is 30.8 Å². The van der Waals surface area contributed by atoms with Crippen LogP contribution >= 0.6 is 0 Å². The van der Waals surface area contributed by atoms with E-state index in [-0.39, 0.29) is 30.6 Å². The Balaban J connectivity index is 2.59. The third-order valence-corrected chi connectivity index (χ3v) is 3.18. The van der Waals surface area contributed by atoms with Gasteiger partial charge in [-0.15, -0.1) is 5.10 Å². The third-order valence-electron chi connectivity index (χ3n) is 3.18. The molecule has 9 heteroatoms. The van der Waals surface area contributed by atoms with Gasteiger partial charge >= 0.3 is 5.97 Å². The van der Waals surface area contributed by atoms with Crippen LogP contribution in [0.4, 0.5) is 0 Å². The summed E-state index contributed by atoms with van der Waals surface area (Å²) in [6, 6.07) is 0. The number of carboxylic acids is 1. The molecular weight excluding hydrogens is 302 g/mol. The fourth-order valence-corrected chi connectivity index (χ4v) is 1.91. The molecule has 1 rings (SSSR count). The molecule has 0 radical (unpaired) electrons. The molecule has 0 aliphatic heterocycles. The number of carbonyl (C=O) groups is 3. The molecule has 2 N–H and O–H groups in total. The summed E-state index contributed by atoms with van der Waals surface area (Å²) in [5, 5.41) is 19.1. The van der Waals surface area contributed by atoms with Crippen molar-refractivity contribution in [2.75, 3.05) is 20.6 Å². The number of nitrogens with zero attached hydrogens (tertiary/aromatic N) is 4. The fraction of sp³-hybridized carbons (Fsp3) is 0.643. The number of aromatic nitrogens is 3. The van der Waals surface area contributed by atoms with Crippen molar-refractivity contribution in [1.82, 2.24) is 25.2 Å². The maximum Gasteiger partial charge on any atom is 0.308 e. The van der Waals surface area contributed by atoms with Crippen molar-refractivity contribution >= 4 is 17.8 Å². The third kappa shape index (κ3) is 6.05. The van der Waals surface area contributed by atoms with E-state index >= 15 is 0 Å². The van der Waals surface area contributed by atoms with Gasteiger partial charge in [0, 0.05) is 20.6 Å². The number of aliphatic carboxylic acids is 1. The lowest BCUT2D eigenvalue weighted by Gasteiger charge is -2.14. The minimum atomic E-state index is -0.945. The van der Waals surface area contributed by atoms with E-state index in [2.05, 4.69) is 15.6 Å². The largest absolute Gasteiger partial charge is 0.481 e. The zero-order chi connectivity index (χ0) is 17.6. The van der Waals surface area contributed by atoms with E-state index in [0.29, 0.717) is 6.42 Å². The second-order valence-electron chi connectivity index (χ2n) is 5.96. The molecule has 0 spiro atoms. The van der Waals surface area contributed by atoms with Gasteiger partial charge in [0.2, 0.25) is 5.91 Å². The van der Waals surface area contributed by atoms with Crippen LogP contribution in [0.2, 0.25) is 0 Å². The Morgan fingerprint density at radius 3 is 2.52 bits per heavy atom. The minimum Gasteiger partial charge on any atom is -0.481 e. The van der Waals surface area contributed by atoms with Crippen LogP contribution in [-0.2, 0) is 16.1 Å². The highest BCUT2D eigenvalue weighted by molar-refractivity contribution is 5.92. The van der Waals surface area contributed by atoms with Crippen LogP contribution in [0.25, 0.3) is 0 Å². The van der Waals surface area contributed by atoms with Crippen LogP contribution in [-0.4, -0.2) is 63.4 Å². The number of hydrogen-bond acceptors (Lipinski definition) is 5. The monoisotopic (exact) mass is 325 g/mol. The van der Waals surface area contributed by atoms with E-state index in [9.17, 15) is 14.4 Å². The SMILES string of the molecule is CC(C)CC(CNC(=O)c1cn(CC(=O)N(C)C)nn1)C(=O)O. The van der Waals surface area contributed by atoms with Crippen molar-refractivity contribution in [3.8, 4) is 0 Å². The molecule has 0 aliphatic rings. The average molecular weight is 325 g/mol. The van der Waals surface area contributed by atoms with Crippen molar-refractivity contribution in [3.05, 3.63) is 11.9 Å². The Bertz CT molecular complexity index is 567. The van der Waals surface area contributed by atoms with E-state index in [1.165, 1.54) is 15.8 Å². The fourth-order valence-electron chi connectivity index (χ4n) is 1.91. The molecule has 1 unspecified atom stereocenters. The van der Waals surface area contributed by atoms with Gasteiger partial charge in [-0.05, 0) is 12.3 Å². The van der Waals surface area contributed by atoms with Gasteiger partial charge in [-0.25, -0.2) is 4.68 Å². The highest BCUT2D eigenvalue weighted by Gasteiger charge is 2.21. The minimum absolute atomic E-state index is 0.0155. The summed E-state index contributed by atoms with van der Waals surface area (Å²) >= 11 is 0. The summed E-state index contributed by atoms with van der Waals surface area (Å²) < 4.78 is 1.26. The van der Waals surface area contributed by atoms with Crippen LogP contribution in [0, 0.1) is 11.8 Å². The first-order valence-corrected chi connectivity index (χ1v) is 7.32. The Morgan fingerprint density at radius 1 is 1.35 bits per heavy atom. The maximum absolute atomic E-state index is 12.0. The van der Waals surface area contributed by atoms with Gasteiger partial charge in [-0.1, -0.05) is 19.1 Å². The molecule has 0 aliphatic carbocycles. The number of nitrogens with one attached hydrogen (secondary N) is 1. The quantitative estimate of drug-likeness (QED) is 0.686. The highest BCUT2D eigenvalue weighted by Crippen LogP contribution is 2.11. The summed E-state index contributed by atoms with van der Waals surface area (Å²) in [5.41, 5.74) is 0.0465. The van der Waals surface area contributed by atoms with Crippen molar-refractivity contribution in [1.29, 1.82) is 0 Å². The van der Waals surface area contributed by atoms with Gasteiger partial charge in [0.15, 0.2) is 5.69 Å². The highest BCUT2D eigenvalue weighted by atomic mass is 16.4. The van der Waals surface area contributed by atoms with Crippen LogP contribution in [0.5, 0.6) is 0 Å². The number of carboxylic acid groups (broad SMARTS) is 1. The topological polar surface area (TPSA) is 117 Å². The lowest BCUT2D eigenvalue weighted by atomic mass is 9.97. The summed E-state index contributed by atoms with van der Waals surface area (Å²) in [4.78, 5) is 36.1. The standard InChI is InChI=1S/C14H23N5O4/c1-9(2)5-10(14(22)23)6-15-13(21)11-7-19(17-16-11)8-12(20)18(3)4/h7,9-10H,5-6,8H2,1-4H3,(H,15,21)(H,22,23). The van der Waals surface area contributed by atoms with E-state index in [0.717, 1.165) is 0 Å². The molecule has 0 fully saturated rings. The Morgan fingerprint density at radius 2 is 2.00 bits per heavy atom. The first-order valence-electron chi connectivity index (χ1n) is 7.32. The molecule has 1 atom stereocenters. The molecule has 0 bridgehead atoms. The van der Waals surface area contributed by atoms with Gasteiger partial charge in [0.1, 0.15) is 6.54 Å². The Kier molecular flexibility index (Phi) is 6.67. The molecule has 23 heavy (non-hydrogen) atoms. The second-order valence-corrected chi connectivity index (χ2v) is 5.96. The maximum atomic E-state index is 12.0. The van der Waals surface area contributed by atoms with Gasteiger partial charge in [0.25, 0.3) is 5.91 Å². The van der Waals surface area contributed by atoms with E-state index in [1.807, 2.05) is 13.8 Å². The molecule has 1 aromatic heterocycles. The van der Waals surface area contributed by atoms with Crippen LogP contribution < -0.4 is 5.32 Å². The van der Waals surface area contributed by atoms with Crippen molar-refractivity contribution in [3.63, 3.8) is 0 Å². The second kappa shape index (κ2) is 8.25. The van der Waals surface area contributed by atoms with Gasteiger partial charge in [0.05, 0.1) is 12.1 Å². The molecule has 128 valence electrons. The van der Waals surface area contributed by atoms with Gasteiger partial charge < -0.3 is 15.3 Å². The van der Waals surface area contributed by atoms with Crippen molar-refractivity contribution in [2.24, 2.45) is 11.8 Å². The number of likely N-dealkylation sites (N-methyl/N-ethyl adjacent to an activating group) is 1. The molecule has 1 heterocycles. The summed E-state index contributed by atoms with van der Waals surface area (Å²) in [6.45, 7) is 3.85. The number of amides is 2. The Labute approximate surface area is 134 Å². The summed E-state index contributed by atoms with van der Waals surface area (Å²) in [5.74, 6) is -2.07. The average Bonchev–Trinajstić information content (AvgIpc) is 2.90. The summed E-state index contributed by atoms with van der Waals surface area (Å²) in [7, 11) is 3.24. The molecule has 2 amide bonds. The van der Waals surface area contributed by atoms with Crippen LogP contribution in [0.15, 0.2) is 6.20 Å². The lowest BCUT2D eigenvalue weighted by Crippen LogP contribution is -2.33. The molecule has 0 saturated heterocycles. The van der Waals surface area contributed by atoms with Crippen LogP contribution in [0.3, 0.4) is 0 Å². The predicted molar refractivity (Wildman–Crippen MR) is 81.6 cm³/mol. The van der Waals surface area contributed by atoms with E-state index in [1.54, 1.807) is 14.1 Å². The molecule has 0 aromatic carbocycles. The van der Waals surface area contributed by atoms with E-state index in [4.69, 9.17) is 5.11 Å². The Hall–Kier alpha value is -2.45. The zero-order valence-corrected chi connectivity index (χ0v) is 13.8. The number of rotatable bonds is 8. The summed E-state index contributed by atoms with van der Waals surface area (Å²) in [6.07, 6.45) is 1.83. The van der Waals surface area contributed by atoms with Crippen molar-refractivity contribution < 1.29 is 19.5 Å². The van der Waals surface area contributed by atoms with Crippen molar-refractivity contribution in [2.45, 2.75) is 26.8 Å². The predicted octanol–water partition coefficient (Wildman–Crippen LogP) is -0.157. The zero-order valence-electron chi connectivity index (χ0n) is 13.8. The number of carbonyl (C=O) groups excluding carboxylic acids is 2. The van der Waals surface area contributed by atoms with Gasteiger partial charge in [-0.2, -0.15) is 0 Å². The van der Waals surface area contributed by atoms with Gasteiger partial charge in [-0.3, -0.25) is 14.4 Å². The molecule has 9 nitrogen and oxygen atoms in total. The molecule has 1 aromatic rings. The molecular formula is C14H23N5O4. The normalized spacial score (nSPS) is 12.0. The number of hydrogen-bond donors (Lipinski definition) is 2. The first-order chi connectivity index (χ1) is 10.7.